The molecule has 3 N–H and O–H groups in total. The molecule has 1 amide bonds. The standard InChI is InChI=1S/C20H24N2O5/c1-5-6-16-17(12(3)23)11(2)21-18(16)19(24)22-15-8-13(10-27-4)7-14(9-15)20(25)26/h7-9,21H,5-6,10H2,1-4H3,(H,22,24)(H,25,26). The van der Waals surface area contributed by atoms with Crippen LogP contribution in [0.25, 0.3) is 0 Å². The number of aromatic carboxylic acids is 1. The van der Waals surface area contributed by atoms with E-state index in [1.807, 2.05) is 6.92 Å². The van der Waals surface area contributed by atoms with E-state index in [1.165, 1.54) is 26.2 Å². The third-order valence-electron chi connectivity index (χ3n) is 4.18. The van der Waals surface area contributed by atoms with Crippen molar-refractivity contribution in [1.29, 1.82) is 0 Å². The molecule has 1 aromatic carbocycles. The van der Waals surface area contributed by atoms with E-state index in [-0.39, 0.29) is 18.0 Å². The fourth-order valence-corrected chi connectivity index (χ4v) is 3.18. The van der Waals surface area contributed by atoms with Gasteiger partial charge in [0.25, 0.3) is 5.91 Å². The predicted molar refractivity (Wildman–Crippen MR) is 102 cm³/mol. The Bertz CT molecular complexity index is 883. The zero-order valence-electron chi connectivity index (χ0n) is 15.9. The molecule has 7 nitrogen and oxygen atoms in total. The monoisotopic (exact) mass is 372 g/mol. The average Bonchev–Trinajstić information content (AvgIpc) is 2.91. The van der Waals surface area contributed by atoms with Crippen molar-refractivity contribution in [2.75, 3.05) is 12.4 Å². The van der Waals surface area contributed by atoms with E-state index >= 15 is 0 Å². The molecule has 0 unspecified atom stereocenters. The van der Waals surface area contributed by atoms with Crippen molar-refractivity contribution in [3.63, 3.8) is 0 Å². The molecule has 1 aromatic heterocycles. The van der Waals surface area contributed by atoms with Crippen LogP contribution in [-0.4, -0.2) is 34.9 Å². The van der Waals surface area contributed by atoms with E-state index in [1.54, 1.807) is 13.0 Å². The summed E-state index contributed by atoms with van der Waals surface area (Å²) in [7, 11) is 1.51. The molecule has 144 valence electrons. The Morgan fingerprint density at radius 1 is 1.22 bits per heavy atom. The van der Waals surface area contributed by atoms with Gasteiger partial charge in [-0.3, -0.25) is 9.59 Å². The number of aryl methyl sites for hydroxylation is 1. The largest absolute Gasteiger partial charge is 0.478 e. The van der Waals surface area contributed by atoms with Gasteiger partial charge in [-0.25, -0.2) is 4.79 Å². The molecule has 0 radical (unpaired) electrons. The van der Waals surface area contributed by atoms with Gasteiger partial charge in [0.1, 0.15) is 5.69 Å². The minimum atomic E-state index is -1.09. The molecule has 0 spiro atoms. The van der Waals surface area contributed by atoms with E-state index in [4.69, 9.17) is 4.74 Å². The molecule has 0 aliphatic carbocycles. The number of aromatic amines is 1. The molecule has 0 atom stereocenters. The van der Waals surface area contributed by atoms with Crippen LogP contribution in [0.1, 0.15) is 68.3 Å². The number of anilines is 1. The van der Waals surface area contributed by atoms with Gasteiger partial charge in [-0.05, 0) is 49.6 Å². The number of H-pyrrole nitrogens is 1. The van der Waals surface area contributed by atoms with E-state index in [2.05, 4.69) is 10.3 Å². The molecule has 7 heteroatoms. The first-order chi connectivity index (χ1) is 12.8. The van der Waals surface area contributed by atoms with Gasteiger partial charge in [0.15, 0.2) is 5.78 Å². The van der Waals surface area contributed by atoms with Crippen LogP contribution in [0.3, 0.4) is 0 Å². The maximum Gasteiger partial charge on any atom is 0.335 e. The van der Waals surface area contributed by atoms with E-state index in [0.717, 1.165) is 6.42 Å². The normalized spacial score (nSPS) is 10.7. The van der Waals surface area contributed by atoms with Gasteiger partial charge >= 0.3 is 5.97 Å². The van der Waals surface area contributed by atoms with Crippen LogP contribution < -0.4 is 5.32 Å². The summed E-state index contributed by atoms with van der Waals surface area (Å²) in [5.74, 6) is -1.61. The van der Waals surface area contributed by atoms with Crippen LogP contribution in [0, 0.1) is 6.92 Å². The van der Waals surface area contributed by atoms with E-state index in [0.29, 0.717) is 40.2 Å². The number of hydrogen-bond acceptors (Lipinski definition) is 4. The number of ether oxygens (including phenoxy) is 1. The fraction of sp³-hybridized carbons (Fsp3) is 0.350. The quantitative estimate of drug-likeness (QED) is 0.614. The van der Waals surface area contributed by atoms with Gasteiger partial charge in [-0.15, -0.1) is 0 Å². The Kier molecular flexibility index (Phi) is 6.52. The number of aromatic nitrogens is 1. The highest BCUT2D eigenvalue weighted by Crippen LogP contribution is 2.23. The third-order valence-corrected chi connectivity index (χ3v) is 4.18. The summed E-state index contributed by atoms with van der Waals surface area (Å²) in [6, 6.07) is 4.55. The first kappa shape index (κ1) is 20.4. The fourth-order valence-electron chi connectivity index (χ4n) is 3.18. The highest BCUT2D eigenvalue weighted by molar-refractivity contribution is 6.08. The lowest BCUT2D eigenvalue weighted by Crippen LogP contribution is -2.16. The summed E-state index contributed by atoms with van der Waals surface area (Å²) in [6.45, 7) is 5.43. The molecule has 0 fully saturated rings. The molecule has 0 saturated carbocycles. The number of nitrogens with one attached hydrogen (secondary N) is 2. The number of ketones is 1. The van der Waals surface area contributed by atoms with Crippen LogP contribution in [0.4, 0.5) is 5.69 Å². The number of hydrogen-bond donors (Lipinski definition) is 3. The Morgan fingerprint density at radius 3 is 2.48 bits per heavy atom. The van der Waals surface area contributed by atoms with Gasteiger partial charge in [0.2, 0.25) is 0 Å². The zero-order chi connectivity index (χ0) is 20.1. The van der Waals surface area contributed by atoms with Gasteiger partial charge < -0.3 is 20.1 Å². The van der Waals surface area contributed by atoms with Crippen LogP contribution in [-0.2, 0) is 17.8 Å². The number of Topliss-reactive ketones (excluding diaryl/α,β-unsaturated/α-hetero) is 1. The summed E-state index contributed by atoms with van der Waals surface area (Å²) in [5, 5.41) is 12.0. The van der Waals surface area contributed by atoms with E-state index < -0.39 is 11.9 Å². The Labute approximate surface area is 157 Å². The van der Waals surface area contributed by atoms with Crippen molar-refractivity contribution in [3.8, 4) is 0 Å². The van der Waals surface area contributed by atoms with Gasteiger partial charge in [-0.2, -0.15) is 0 Å². The summed E-state index contributed by atoms with van der Waals surface area (Å²) >= 11 is 0. The smallest absolute Gasteiger partial charge is 0.335 e. The molecular weight excluding hydrogens is 348 g/mol. The second-order valence-electron chi connectivity index (χ2n) is 6.40. The highest BCUT2D eigenvalue weighted by Gasteiger charge is 2.22. The van der Waals surface area contributed by atoms with E-state index in [9.17, 15) is 19.5 Å². The Balaban J connectivity index is 2.41. The van der Waals surface area contributed by atoms with Crippen LogP contribution in [0.15, 0.2) is 18.2 Å². The minimum absolute atomic E-state index is 0.0562. The second kappa shape index (κ2) is 8.64. The number of amides is 1. The summed E-state index contributed by atoms with van der Waals surface area (Å²) < 4.78 is 5.05. The molecule has 27 heavy (non-hydrogen) atoms. The van der Waals surface area contributed by atoms with Crippen LogP contribution in [0.2, 0.25) is 0 Å². The Hall–Kier alpha value is -2.93. The number of rotatable bonds is 8. The average molecular weight is 372 g/mol. The van der Waals surface area contributed by atoms with Crippen molar-refractivity contribution < 1.29 is 24.2 Å². The number of carbonyl (C=O) groups is 3. The zero-order valence-corrected chi connectivity index (χ0v) is 15.9. The molecular formula is C20H24N2O5. The lowest BCUT2D eigenvalue weighted by atomic mass is 10.0. The highest BCUT2D eigenvalue weighted by atomic mass is 16.5. The molecule has 2 rings (SSSR count). The Morgan fingerprint density at radius 2 is 1.93 bits per heavy atom. The van der Waals surface area contributed by atoms with Crippen molar-refractivity contribution in [1.82, 2.24) is 4.98 Å². The van der Waals surface area contributed by atoms with Crippen molar-refractivity contribution >= 4 is 23.3 Å². The van der Waals surface area contributed by atoms with Gasteiger partial charge in [0.05, 0.1) is 12.2 Å². The maximum absolute atomic E-state index is 12.8. The van der Waals surface area contributed by atoms with Crippen molar-refractivity contribution in [3.05, 3.63) is 51.8 Å². The lowest BCUT2D eigenvalue weighted by Gasteiger charge is -2.10. The first-order valence-corrected chi connectivity index (χ1v) is 8.68. The number of carbonyl (C=O) groups excluding carboxylic acids is 2. The summed E-state index contributed by atoms with van der Waals surface area (Å²) in [6.07, 6.45) is 1.37. The second-order valence-corrected chi connectivity index (χ2v) is 6.40. The van der Waals surface area contributed by atoms with Crippen LogP contribution in [0.5, 0.6) is 0 Å². The van der Waals surface area contributed by atoms with Crippen molar-refractivity contribution in [2.24, 2.45) is 0 Å². The lowest BCUT2D eigenvalue weighted by molar-refractivity contribution is 0.0696. The third kappa shape index (κ3) is 4.62. The predicted octanol–water partition coefficient (Wildman–Crippen LogP) is 3.58. The SMILES string of the molecule is CCCc1c(C(=O)Nc2cc(COC)cc(C(=O)O)c2)[nH]c(C)c1C(C)=O. The minimum Gasteiger partial charge on any atom is -0.478 e. The maximum atomic E-state index is 12.8. The molecule has 0 aliphatic rings. The molecule has 0 bridgehead atoms. The van der Waals surface area contributed by atoms with Gasteiger partial charge in [0, 0.05) is 24.1 Å². The van der Waals surface area contributed by atoms with Crippen LogP contribution >= 0.6 is 0 Å². The summed E-state index contributed by atoms with van der Waals surface area (Å²) in [5.41, 5.74) is 3.25. The molecule has 0 saturated heterocycles. The number of benzene rings is 1. The topological polar surface area (TPSA) is 108 Å². The molecule has 0 aliphatic heterocycles. The van der Waals surface area contributed by atoms with Gasteiger partial charge in [-0.1, -0.05) is 13.3 Å². The number of methoxy groups -OCH3 is 1. The molecule has 2 aromatic rings. The summed E-state index contributed by atoms with van der Waals surface area (Å²) in [4.78, 5) is 39.1. The first-order valence-electron chi connectivity index (χ1n) is 8.68. The number of carboxylic acids is 1. The van der Waals surface area contributed by atoms with Crippen molar-refractivity contribution in [2.45, 2.75) is 40.2 Å². The number of carboxylic acid groups (broad SMARTS) is 1. The molecule has 1 heterocycles.